The van der Waals surface area contributed by atoms with Crippen LogP contribution in [0, 0.1) is 16.0 Å². The molecule has 0 unspecified atom stereocenters. The second-order valence-corrected chi connectivity index (χ2v) is 7.64. The van der Waals surface area contributed by atoms with E-state index in [9.17, 15) is 32.9 Å². The summed E-state index contributed by atoms with van der Waals surface area (Å²) in [7, 11) is 0. The molecule has 158 valence electrons. The van der Waals surface area contributed by atoms with Gasteiger partial charge in [-0.25, -0.2) is 0 Å². The number of rotatable bonds is 7. The zero-order valence-electron chi connectivity index (χ0n) is 15.4. The first kappa shape index (κ1) is 21.6. The maximum Gasteiger partial charge on any atom is 0.416 e. The number of alkyl halides is 3. The minimum Gasteiger partial charge on any atom is -0.326 e. The summed E-state index contributed by atoms with van der Waals surface area (Å²) >= 11 is 0.758. The molecule has 30 heavy (non-hydrogen) atoms. The summed E-state index contributed by atoms with van der Waals surface area (Å²) in [5.74, 6) is -0.798. The quantitative estimate of drug-likeness (QED) is 0.370. The first-order valence-electron chi connectivity index (χ1n) is 8.82. The first-order chi connectivity index (χ1) is 14.1. The van der Waals surface area contributed by atoms with Crippen molar-refractivity contribution < 1.29 is 27.7 Å². The fraction of sp³-hybridized carbons (Fsp3) is 0.263. The van der Waals surface area contributed by atoms with Crippen molar-refractivity contribution >= 4 is 40.6 Å². The van der Waals surface area contributed by atoms with Crippen molar-refractivity contribution in [2.45, 2.75) is 23.9 Å². The molecule has 2 aromatic carbocycles. The van der Waals surface area contributed by atoms with Crippen LogP contribution in [-0.2, 0) is 15.8 Å². The average molecular weight is 439 g/mol. The van der Waals surface area contributed by atoms with Crippen LogP contribution in [-0.4, -0.2) is 22.5 Å². The number of benzene rings is 2. The second-order valence-electron chi connectivity index (χ2n) is 6.62. The Kier molecular flexibility index (Phi) is 6.30. The number of amides is 2. The molecule has 0 aromatic heterocycles. The van der Waals surface area contributed by atoms with Gasteiger partial charge in [-0.3, -0.25) is 19.7 Å². The van der Waals surface area contributed by atoms with Crippen molar-refractivity contribution in [2.24, 2.45) is 5.92 Å². The molecule has 2 N–H and O–H groups in total. The van der Waals surface area contributed by atoms with E-state index in [1.54, 1.807) is 24.3 Å². The normalized spacial score (nSPS) is 13.6. The summed E-state index contributed by atoms with van der Waals surface area (Å²) in [5, 5.41) is 16.4. The number of nitro benzene ring substituents is 1. The molecular weight excluding hydrogens is 423 g/mol. The number of nitro groups is 1. The van der Waals surface area contributed by atoms with Crippen LogP contribution in [0.1, 0.15) is 18.4 Å². The number of halogens is 3. The van der Waals surface area contributed by atoms with Crippen LogP contribution in [0.3, 0.4) is 0 Å². The molecular formula is C19H16F3N3O4S. The molecule has 0 heterocycles. The number of nitrogens with zero attached hydrogens (tertiary/aromatic N) is 1. The monoisotopic (exact) mass is 439 g/mol. The van der Waals surface area contributed by atoms with Gasteiger partial charge in [0.05, 0.1) is 21.1 Å². The third kappa shape index (κ3) is 5.72. The van der Waals surface area contributed by atoms with Crippen LogP contribution >= 0.6 is 11.8 Å². The number of thioether (sulfide) groups is 1. The van der Waals surface area contributed by atoms with E-state index in [2.05, 4.69) is 10.6 Å². The van der Waals surface area contributed by atoms with Crippen LogP contribution in [0.25, 0.3) is 0 Å². The topological polar surface area (TPSA) is 101 Å². The Balaban J connectivity index is 1.62. The molecule has 3 rings (SSSR count). The van der Waals surface area contributed by atoms with Crippen LogP contribution in [0.15, 0.2) is 47.4 Å². The van der Waals surface area contributed by atoms with Gasteiger partial charge in [0.25, 0.3) is 5.69 Å². The van der Waals surface area contributed by atoms with E-state index in [4.69, 9.17) is 0 Å². The van der Waals surface area contributed by atoms with Crippen molar-refractivity contribution in [3.05, 3.63) is 58.1 Å². The van der Waals surface area contributed by atoms with Crippen LogP contribution in [0.2, 0.25) is 0 Å². The minimum atomic E-state index is -4.70. The van der Waals surface area contributed by atoms with Crippen LogP contribution in [0.5, 0.6) is 0 Å². The van der Waals surface area contributed by atoms with Gasteiger partial charge >= 0.3 is 6.18 Å². The van der Waals surface area contributed by atoms with Gasteiger partial charge in [-0.05, 0) is 43.2 Å². The molecule has 0 aliphatic heterocycles. The van der Waals surface area contributed by atoms with Gasteiger partial charge in [0.15, 0.2) is 0 Å². The molecule has 0 bridgehead atoms. The van der Waals surface area contributed by atoms with E-state index in [-0.39, 0.29) is 22.5 Å². The SMILES string of the molecule is O=C(CSc1ccc(C(F)(F)F)cc1[N+](=O)[O-])Nc1cccc(NC(=O)C2CC2)c1. The Morgan fingerprint density at radius 3 is 2.37 bits per heavy atom. The Bertz CT molecular complexity index is 993. The molecule has 11 heteroatoms. The molecule has 2 amide bonds. The maximum atomic E-state index is 12.8. The summed E-state index contributed by atoms with van der Waals surface area (Å²) in [6.07, 6.45) is -2.99. The highest BCUT2D eigenvalue weighted by molar-refractivity contribution is 8.00. The molecule has 7 nitrogen and oxygen atoms in total. The number of hydrogen-bond acceptors (Lipinski definition) is 5. The van der Waals surface area contributed by atoms with Crippen LogP contribution in [0.4, 0.5) is 30.2 Å². The van der Waals surface area contributed by atoms with Crippen molar-refractivity contribution in [1.82, 2.24) is 0 Å². The Morgan fingerprint density at radius 2 is 1.77 bits per heavy atom. The average Bonchev–Trinajstić information content (AvgIpc) is 3.51. The summed E-state index contributed by atoms with van der Waals surface area (Å²) in [4.78, 5) is 34.1. The lowest BCUT2D eigenvalue weighted by Gasteiger charge is -2.10. The molecule has 0 radical (unpaired) electrons. The fourth-order valence-corrected chi connectivity index (χ4v) is 3.37. The lowest BCUT2D eigenvalue weighted by atomic mass is 10.2. The van der Waals surface area contributed by atoms with E-state index < -0.39 is 28.3 Å². The summed E-state index contributed by atoms with van der Waals surface area (Å²) in [6.45, 7) is 0. The lowest BCUT2D eigenvalue weighted by Crippen LogP contribution is -2.16. The molecule has 0 saturated heterocycles. The van der Waals surface area contributed by atoms with Gasteiger partial charge in [-0.1, -0.05) is 6.07 Å². The molecule has 1 saturated carbocycles. The van der Waals surface area contributed by atoms with Crippen molar-refractivity contribution in [3.8, 4) is 0 Å². The predicted molar refractivity (Wildman–Crippen MR) is 105 cm³/mol. The highest BCUT2D eigenvalue weighted by Crippen LogP contribution is 2.36. The fourth-order valence-electron chi connectivity index (χ4n) is 2.56. The van der Waals surface area contributed by atoms with E-state index in [1.807, 2.05) is 0 Å². The molecule has 0 spiro atoms. The molecule has 0 atom stereocenters. The number of nitrogens with one attached hydrogen (secondary N) is 2. The largest absolute Gasteiger partial charge is 0.416 e. The van der Waals surface area contributed by atoms with Crippen LogP contribution < -0.4 is 10.6 Å². The van der Waals surface area contributed by atoms with Crippen molar-refractivity contribution in [3.63, 3.8) is 0 Å². The predicted octanol–water partition coefficient (Wildman–Crippen LogP) is 4.69. The van der Waals surface area contributed by atoms with E-state index in [0.717, 1.165) is 36.7 Å². The first-order valence-corrected chi connectivity index (χ1v) is 9.81. The van der Waals surface area contributed by atoms with E-state index in [1.165, 1.54) is 0 Å². The second kappa shape index (κ2) is 8.74. The molecule has 1 aliphatic rings. The summed E-state index contributed by atoms with van der Waals surface area (Å²) in [6, 6.07) is 8.67. The molecule has 2 aromatic rings. The zero-order valence-corrected chi connectivity index (χ0v) is 16.2. The zero-order chi connectivity index (χ0) is 21.9. The Hall–Kier alpha value is -3.08. The minimum absolute atomic E-state index is 0.0270. The lowest BCUT2D eigenvalue weighted by molar-refractivity contribution is -0.388. The molecule has 1 fully saturated rings. The standard InChI is InChI=1S/C19H16F3N3O4S/c20-19(21,22)12-6-7-16(15(8-12)25(28)29)30-10-17(26)23-13-2-1-3-14(9-13)24-18(27)11-4-5-11/h1-3,6-9,11H,4-5,10H2,(H,23,26)(H,24,27). The van der Waals surface area contributed by atoms with E-state index >= 15 is 0 Å². The van der Waals surface area contributed by atoms with Gasteiger partial charge in [0.1, 0.15) is 0 Å². The highest BCUT2D eigenvalue weighted by atomic mass is 32.2. The number of anilines is 2. The van der Waals surface area contributed by atoms with E-state index in [0.29, 0.717) is 17.4 Å². The summed E-state index contributed by atoms with van der Waals surface area (Å²) in [5.41, 5.74) is -0.910. The molecule has 1 aliphatic carbocycles. The smallest absolute Gasteiger partial charge is 0.326 e. The number of hydrogen-bond donors (Lipinski definition) is 2. The maximum absolute atomic E-state index is 12.8. The van der Waals surface area contributed by atoms with Gasteiger partial charge in [0.2, 0.25) is 11.8 Å². The third-order valence-electron chi connectivity index (χ3n) is 4.20. The number of carbonyl (C=O) groups excluding carboxylic acids is 2. The number of carbonyl (C=O) groups is 2. The Morgan fingerprint density at radius 1 is 1.10 bits per heavy atom. The third-order valence-corrected chi connectivity index (χ3v) is 5.27. The van der Waals surface area contributed by atoms with Gasteiger partial charge < -0.3 is 10.6 Å². The Labute approximate surface area is 173 Å². The van der Waals surface area contributed by atoms with Crippen molar-refractivity contribution in [1.29, 1.82) is 0 Å². The van der Waals surface area contributed by atoms with Gasteiger partial charge in [-0.2, -0.15) is 13.2 Å². The van der Waals surface area contributed by atoms with Crippen molar-refractivity contribution in [2.75, 3.05) is 16.4 Å². The summed E-state index contributed by atoms with van der Waals surface area (Å²) < 4.78 is 38.3. The highest BCUT2D eigenvalue weighted by Gasteiger charge is 2.33. The van der Waals surface area contributed by atoms with Gasteiger partial charge in [-0.15, -0.1) is 11.8 Å². The van der Waals surface area contributed by atoms with Gasteiger partial charge in [0, 0.05) is 23.4 Å².